The van der Waals surface area contributed by atoms with E-state index in [2.05, 4.69) is 10.9 Å². The minimum absolute atomic E-state index is 0.0445. The monoisotopic (exact) mass is 388 g/mol. The number of amides is 3. The molecule has 9 nitrogen and oxygen atoms in total. The molecule has 1 aliphatic heterocycles. The molecule has 138 valence electrons. The highest BCUT2D eigenvalue weighted by atomic mass is 35.5. The lowest BCUT2D eigenvalue weighted by Crippen LogP contribution is -2.48. The number of imide groups is 1. The van der Waals surface area contributed by atoms with Crippen LogP contribution in [0.2, 0.25) is 5.02 Å². The van der Waals surface area contributed by atoms with Crippen LogP contribution in [0.3, 0.4) is 0 Å². The number of anilines is 1. The molecular weight excluding hydrogens is 376 g/mol. The molecule has 0 saturated carbocycles. The van der Waals surface area contributed by atoms with Gasteiger partial charge in [0.05, 0.1) is 17.0 Å². The van der Waals surface area contributed by atoms with Crippen molar-refractivity contribution >= 4 is 40.7 Å². The van der Waals surface area contributed by atoms with E-state index in [-0.39, 0.29) is 17.7 Å². The van der Waals surface area contributed by atoms with E-state index in [1.54, 1.807) is 24.3 Å². The van der Waals surface area contributed by atoms with Crippen LogP contribution in [0.25, 0.3) is 0 Å². The largest absolute Gasteiger partial charge is 0.287 e. The molecule has 3 amide bonds. The van der Waals surface area contributed by atoms with E-state index in [1.807, 2.05) is 0 Å². The van der Waals surface area contributed by atoms with Crippen LogP contribution in [0.5, 0.6) is 0 Å². The quantitative estimate of drug-likeness (QED) is 0.457. The zero-order chi connectivity index (χ0) is 19.6. The number of nitro groups is 1. The average Bonchev–Trinajstić information content (AvgIpc) is 2.94. The van der Waals surface area contributed by atoms with E-state index in [4.69, 9.17) is 11.6 Å². The molecule has 0 aromatic heterocycles. The van der Waals surface area contributed by atoms with Gasteiger partial charge in [0.2, 0.25) is 5.91 Å². The first-order valence-electron chi connectivity index (χ1n) is 7.79. The summed E-state index contributed by atoms with van der Waals surface area (Å²) in [4.78, 5) is 47.9. The predicted octanol–water partition coefficient (Wildman–Crippen LogP) is 1.81. The summed E-state index contributed by atoms with van der Waals surface area (Å²) in [5.41, 5.74) is 5.01. The Kier molecular flexibility index (Phi) is 5.15. The lowest BCUT2D eigenvalue weighted by atomic mass is 10.2. The smallest absolute Gasteiger partial charge is 0.270 e. The van der Waals surface area contributed by atoms with Crippen molar-refractivity contribution in [1.29, 1.82) is 0 Å². The Morgan fingerprint density at radius 2 is 1.89 bits per heavy atom. The summed E-state index contributed by atoms with van der Waals surface area (Å²) in [7, 11) is 0. The number of hydrogen-bond donors (Lipinski definition) is 2. The number of rotatable bonds is 5. The van der Waals surface area contributed by atoms with Crippen LogP contribution in [0.4, 0.5) is 11.4 Å². The van der Waals surface area contributed by atoms with Gasteiger partial charge in [-0.25, -0.2) is 10.3 Å². The van der Waals surface area contributed by atoms with Gasteiger partial charge in [0, 0.05) is 22.7 Å². The molecule has 0 bridgehead atoms. The van der Waals surface area contributed by atoms with Gasteiger partial charge in [-0.1, -0.05) is 17.7 Å². The Labute approximate surface area is 158 Å². The van der Waals surface area contributed by atoms with Gasteiger partial charge in [0.1, 0.15) is 6.04 Å². The van der Waals surface area contributed by atoms with Crippen molar-refractivity contribution in [1.82, 2.24) is 10.9 Å². The summed E-state index contributed by atoms with van der Waals surface area (Å²) in [6.45, 7) is 0. The number of hydrogen-bond acceptors (Lipinski definition) is 6. The zero-order valence-corrected chi connectivity index (χ0v) is 14.5. The molecule has 0 unspecified atom stereocenters. The van der Waals surface area contributed by atoms with E-state index in [9.17, 15) is 24.5 Å². The summed E-state index contributed by atoms with van der Waals surface area (Å²) >= 11 is 5.80. The number of carbonyl (C=O) groups excluding carboxylic acids is 3. The normalized spacial score (nSPS) is 16.5. The fourth-order valence-electron chi connectivity index (χ4n) is 2.59. The van der Waals surface area contributed by atoms with E-state index in [0.29, 0.717) is 10.7 Å². The summed E-state index contributed by atoms with van der Waals surface area (Å²) in [5, 5.41) is 11.2. The third-order valence-electron chi connectivity index (χ3n) is 3.91. The van der Waals surface area contributed by atoms with E-state index in [0.717, 1.165) is 11.0 Å². The van der Waals surface area contributed by atoms with E-state index < -0.39 is 28.7 Å². The summed E-state index contributed by atoms with van der Waals surface area (Å²) in [6.07, 6.45) is -0.142. The number of nitrogens with zero attached hydrogens (tertiary/aromatic N) is 2. The topological polar surface area (TPSA) is 122 Å². The SMILES string of the molecule is O=C(NN[C@H]1CC(=O)N(c2ccc(Cl)cc2)C1=O)c1cccc([N+](=O)[O-])c1. The summed E-state index contributed by atoms with van der Waals surface area (Å²) in [6, 6.07) is 10.4. The van der Waals surface area contributed by atoms with Crippen molar-refractivity contribution in [2.75, 3.05) is 4.90 Å². The van der Waals surface area contributed by atoms with Gasteiger partial charge in [0.25, 0.3) is 17.5 Å². The third-order valence-corrected chi connectivity index (χ3v) is 4.16. The third kappa shape index (κ3) is 3.94. The Morgan fingerprint density at radius 3 is 2.56 bits per heavy atom. The summed E-state index contributed by atoms with van der Waals surface area (Å²) < 4.78 is 0. The molecule has 27 heavy (non-hydrogen) atoms. The number of non-ortho nitro benzene ring substituents is 1. The fraction of sp³-hybridized carbons (Fsp3) is 0.118. The second-order valence-corrected chi connectivity index (χ2v) is 6.14. The van der Waals surface area contributed by atoms with Crippen molar-refractivity contribution in [3.05, 3.63) is 69.2 Å². The lowest BCUT2D eigenvalue weighted by molar-refractivity contribution is -0.384. The molecule has 2 N–H and O–H groups in total. The van der Waals surface area contributed by atoms with Crippen molar-refractivity contribution in [2.45, 2.75) is 12.5 Å². The molecule has 10 heteroatoms. The zero-order valence-electron chi connectivity index (χ0n) is 13.7. The Hall–Kier alpha value is -3.30. The number of benzene rings is 2. The molecule has 0 aliphatic carbocycles. The van der Waals surface area contributed by atoms with Crippen LogP contribution in [0, 0.1) is 10.1 Å². The first-order valence-corrected chi connectivity index (χ1v) is 8.17. The number of carbonyl (C=O) groups is 3. The van der Waals surface area contributed by atoms with Gasteiger partial charge in [-0.3, -0.25) is 29.9 Å². The minimum Gasteiger partial charge on any atom is -0.287 e. The van der Waals surface area contributed by atoms with Crippen molar-refractivity contribution in [3.63, 3.8) is 0 Å². The van der Waals surface area contributed by atoms with E-state index >= 15 is 0 Å². The number of nitro benzene ring substituents is 1. The standard InChI is InChI=1S/C17H13ClN4O5/c18-11-4-6-12(7-5-11)21-15(23)9-14(17(21)25)19-20-16(24)10-2-1-3-13(8-10)22(26)27/h1-8,14,19H,9H2,(H,20,24)/t14-/m0/s1. The molecule has 0 radical (unpaired) electrons. The van der Waals surface area contributed by atoms with Crippen LogP contribution in [-0.4, -0.2) is 28.7 Å². The maximum Gasteiger partial charge on any atom is 0.270 e. The highest BCUT2D eigenvalue weighted by Gasteiger charge is 2.39. The van der Waals surface area contributed by atoms with Crippen LogP contribution in [0.15, 0.2) is 48.5 Å². The Morgan fingerprint density at radius 1 is 1.19 bits per heavy atom. The number of nitrogens with one attached hydrogen (secondary N) is 2. The minimum atomic E-state index is -0.948. The second-order valence-electron chi connectivity index (χ2n) is 5.71. The molecule has 0 spiro atoms. The summed E-state index contributed by atoms with van der Waals surface area (Å²) in [5.74, 6) is -1.62. The van der Waals surface area contributed by atoms with Gasteiger partial charge < -0.3 is 0 Å². The van der Waals surface area contributed by atoms with Crippen LogP contribution < -0.4 is 15.8 Å². The highest BCUT2D eigenvalue weighted by Crippen LogP contribution is 2.24. The number of halogens is 1. The van der Waals surface area contributed by atoms with Crippen molar-refractivity contribution < 1.29 is 19.3 Å². The fourth-order valence-corrected chi connectivity index (χ4v) is 2.72. The molecule has 2 aromatic rings. The van der Waals surface area contributed by atoms with Crippen molar-refractivity contribution in [3.8, 4) is 0 Å². The van der Waals surface area contributed by atoms with Gasteiger partial charge in [0.15, 0.2) is 0 Å². The molecule has 1 fully saturated rings. The second kappa shape index (κ2) is 7.52. The molecule has 1 atom stereocenters. The molecule has 3 rings (SSSR count). The highest BCUT2D eigenvalue weighted by molar-refractivity contribution is 6.30. The maximum atomic E-state index is 12.5. The lowest BCUT2D eigenvalue weighted by Gasteiger charge is -2.16. The molecule has 1 heterocycles. The van der Waals surface area contributed by atoms with Gasteiger partial charge >= 0.3 is 0 Å². The van der Waals surface area contributed by atoms with Gasteiger partial charge in [-0.2, -0.15) is 0 Å². The molecule has 1 aliphatic rings. The van der Waals surface area contributed by atoms with E-state index in [1.165, 1.54) is 18.2 Å². The number of hydrazine groups is 1. The Balaban J connectivity index is 1.66. The van der Waals surface area contributed by atoms with Crippen LogP contribution in [0.1, 0.15) is 16.8 Å². The first-order chi connectivity index (χ1) is 12.9. The first kappa shape index (κ1) is 18.5. The van der Waals surface area contributed by atoms with Crippen molar-refractivity contribution in [2.24, 2.45) is 0 Å². The van der Waals surface area contributed by atoms with Gasteiger partial charge in [-0.15, -0.1) is 0 Å². The molecule has 2 aromatic carbocycles. The predicted molar refractivity (Wildman–Crippen MR) is 96.0 cm³/mol. The van der Waals surface area contributed by atoms with Gasteiger partial charge in [-0.05, 0) is 30.3 Å². The molecule has 1 saturated heterocycles. The van der Waals surface area contributed by atoms with Crippen LogP contribution in [-0.2, 0) is 9.59 Å². The Bertz CT molecular complexity index is 931. The maximum absolute atomic E-state index is 12.5. The van der Waals surface area contributed by atoms with Crippen LogP contribution >= 0.6 is 11.6 Å². The average molecular weight is 389 g/mol. The molecular formula is C17H13ClN4O5.